The number of hydrogen-bond donors (Lipinski definition) is 0. The van der Waals surface area contributed by atoms with E-state index in [1.807, 2.05) is 49.4 Å². The number of fused-ring (bicyclic) bond motifs is 1. The van der Waals surface area contributed by atoms with Gasteiger partial charge in [-0.1, -0.05) is 42.3 Å². The van der Waals surface area contributed by atoms with Gasteiger partial charge in [-0.2, -0.15) is 4.31 Å². The zero-order valence-corrected chi connectivity index (χ0v) is 20.4. The molecule has 0 bridgehead atoms. The summed E-state index contributed by atoms with van der Waals surface area (Å²) >= 11 is 0. The fourth-order valence-electron chi connectivity index (χ4n) is 5.45. The van der Waals surface area contributed by atoms with Crippen LogP contribution in [-0.4, -0.2) is 37.9 Å². The minimum atomic E-state index is -3.56. The van der Waals surface area contributed by atoms with E-state index in [4.69, 9.17) is 9.47 Å². The molecular weight excluding hydrogens is 450 g/mol. The van der Waals surface area contributed by atoms with E-state index < -0.39 is 15.4 Å². The van der Waals surface area contributed by atoms with Crippen molar-refractivity contribution in [1.82, 2.24) is 4.31 Å². The topological polar surface area (TPSA) is 72.9 Å². The molecule has 1 aliphatic carbocycles. The van der Waals surface area contributed by atoms with Crippen LogP contribution < -0.4 is 9.47 Å². The van der Waals surface area contributed by atoms with E-state index in [2.05, 4.69) is 0 Å². The smallest absolute Gasteiger partial charge is 0.243 e. The number of carbonyl (C=O) groups is 1. The molecule has 0 spiro atoms. The van der Waals surface area contributed by atoms with Gasteiger partial charge >= 0.3 is 0 Å². The van der Waals surface area contributed by atoms with Crippen LogP contribution in [0.5, 0.6) is 11.5 Å². The summed E-state index contributed by atoms with van der Waals surface area (Å²) in [7, 11) is -3.56. The van der Waals surface area contributed by atoms with Gasteiger partial charge in [0.2, 0.25) is 16.8 Å². The number of sulfonamides is 1. The molecule has 1 saturated carbocycles. The monoisotopic (exact) mass is 481 g/mol. The van der Waals surface area contributed by atoms with Crippen LogP contribution in [0.3, 0.4) is 0 Å². The third kappa shape index (κ3) is 4.16. The first-order valence-corrected chi connectivity index (χ1v) is 13.5. The first kappa shape index (κ1) is 23.1. The molecule has 0 unspecified atom stereocenters. The molecule has 34 heavy (non-hydrogen) atoms. The molecule has 2 atom stereocenters. The number of allylic oxidation sites excluding steroid dienone is 1. The second-order valence-corrected chi connectivity index (χ2v) is 11.4. The lowest BCUT2D eigenvalue weighted by molar-refractivity contribution is -0.126. The van der Waals surface area contributed by atoms with Crippen molar-refractivity contribution < 1.29 is 22.7 Å². The highest BCUT2D eigenvalue weighted by Gasteiger charge is 2.41. The molecule has 2 aromatic rings. The van der Waals surface area contributed by atoms with Gasteiger partial charge < -0.3 is 9.47 Å². The lowest BCUT2D eigenvalue weighted by Crippen LogP contribution is -2.38. The summed E-state index contributed by atoms with van der Waals surface area (Å²) in [5, 5.41) is 0. The molecule has 6 nitrogen and oxygen atoms in total. The number of carbonyl (C=O) groups excluding carboxylic acids is 1. The van der Waals surface area contributed by atoms with Gasteiger partial charge in [0.15, 0.2) is 11.5 Å². The summed E-state index contributed by atoms with van der Waals surface area (Å²) in [6, 6.07) is 12.6. The van der Waals surface area contributed by atoms with Crippen molar-refractivity contribution >= 4 is 15.8 Å². The van der Waals surface area contributed by atoms with E-state index in [-0.39, 0.29) is 18.6 Å². The van der Waals surface area contributed by atoms with Crippen molar-refractivity contribution in [2.45, 2.75) is 68.2 Å². The van der Waals surface area contributed by atoms with Gasteiger partial charge in [0.25, 0.3) is 0 Å². The molecule has 0 N–H and O–H groups in total. The van der Waals surface area contributed by atoms with E-state index in [0.29, 0.717) is 35.8 Å². The number of nitrogens with zero attached hydrogens (tertiary/aromatic N) is 1. The van der Waals surface area contributed by atoms with E-state index in [0.717, 1.165) is 43.2 Å². The highest BCUT2D eigenvalue weighted by molar-refractivity contribution is 7.89. The van der Waals surface area contributed by atoms with Gasteiger partial charge in [0.05, 0.1) is 10.3 Å². The highest BCUT2D eigenvalue weighted by atomic mass is 32.2. The molecule has 3 aliphatic rings. The van der Waals surface area contributed by atoms with Crippen LogP contribution in [0, 0.1) is 6.92 Å². The standard InChI is InChI=1S/C27H31NO5S/c1-20-9-12-23(13-10-20)34(30,31)28-17-5-7-22(28)6-4-16-27(15-3-2-8-26(27)29)21-11-14-24-25(18-21)33-19-32-24/h4,6,9-14,18,22H,2-3,5,7-8,15-17,19H2,1H3/b6-4+/t22-,27-/m1/s1. The van der Waals surface area contributed by atoms with Gasteiger partial charge in [-0.3, -0.25) is 4.79 Å². The van der Waals surface area contributed by atoms with Gasteiger partial charge in [-0.25, -0.2) is 8.42 Å². The van der Waals surface area contributed by atoms with Crippen LogP contribution in [0.15, 0.2) is 59.5 Å². The molecule has 7 heteroatoms. The highest BCUT2D eigenvalue weighted by Crippen LogP contribution is 2.44. The zero-order valence-electron chi connectivity index (χ0n) is 19.5. The van der Waals surface area contributed by atoms with Gasteiger partial charge in [-0.15, -0.1) is 0 Å². The summed E-state index contributed by atoms with van der Waals surface area (Å²) < 4.78 is 39.2. The molecule has 180 valence electrons. The summed E-state index contributed by atoms with van der Waals surface area (Å²) in [4.78, 5) is 13.6. The lowest BCUT2D eigenvalue weighted by Gasteiger charge is -2.36. The lowest BCUT2D eigenvalue weighted by atomic mass is 9.66. The van der Waals surface area contributed by atoms with Crippen molar-refractivity contribution in [3.63, 3.8) is 0 Å². The molecule has 5 rings (SSSR count). The summed E-state index contributed by atoms with van der Waals surface area (Å²) in [5.74, 6) is 1.64. The van der Waals surface area contributed by atoms with Gasteiger partial charge in [-0.05, 0) is 68.9 Å². The summed E-state index contributed by atoms with van der Waals surface area (Å²) in [6.07, 6.45) is 9.45. The zero-order chi connectivity index (χ0) is 23.8. The van der Waals surface area contributed by atoms with Gasteiger partial charge in [0.1, 0.15) is 5.78 Å². The van der Waals surface area contributed by atoms with E-state index in [1.54, 1.807) is 16.4 Å². The Morgan fingerprint density at radius 2 is 1.85 bits per heavy atom. The minimum Gasteiger partial charge on any atom is -0.454 e. The second kappa shape index (κ2) is 9.19. The fourth-order valence-corrected chi connectivity index (χ4v) is 7.11. The Morgan fingerprint density at radius 1 is 1.06 bits per heavy atom. The average molecular weight is 482 g/mol. The van der Waals surface area contributed by atoms with Crippen LogP contribution in [-0.2, 0) is 20.2 Å². The SMILES string of the molecule is Cc1ccc(S(=O)(=O)N2CCC[C@H]2/C=C/C[C@@]2(c3ccc4c(c3)OCO4)CCCCC2=O)cc1. The van der Waals surface area contributed by atoms with E-state index in [1.165, 1.54) is 0 Å². The minimum absolute atomic E-state index is 0.196. The van der Waals surface area contributed by atoms with Crippen LogP contribution in [0.4, 0.5) is 0 Å². The quantitative estimate of drug-likeness (QED) is 0.549. The normalized spacial score (nSPS) is 25.3. The first-order chi connectivity index (χ1) is 16.4. The van der Waals surface area contributed by atoms with Crippen molar-refractivity contribution in [3.05, 3.63) is 65.7 Å². The number of aryl methyl sites for hydroxylation is 1. The predicted octanol–water partition coefficient (Wildman–Crippen LogP) is 4.90. The maximum atomic E-state index is 13.3. The average Bonchev–Trinajstić information content (AvgIpc) is 3.50. The number of Topliss-reactive ketones (excluding diaryl/α,β-unsaturated/α-hetero) is 1. The third-order valence-electron chi connectivity index (χ3n) is 7.42. The molecule has 0 aromatic heterocycles. The Bertz CT molecular complexity index is 1200. The maximum absolute atomic E-state index is 13.3. The molecule has 0 amide bonds. The molecular formula is C27H31NO5S. The first-order valence-electron chi connectivity index (χ1n) is 12.1. The Hall–Kier alpha value is -2.64. The molecule has 2 aromatic carbocycles. The fraction of sp³-hybridized carbons (Fsp3) is 0.444. The molecule has 0 radical (unpaired) electrons. The van der Waals surface area contributed by atoms with E-state index in [9.17, 15) is 13.2 Å². The number of ketones is 1. The van der Waals surface area contributed by atoms with Gasteiger partial charge in [0, 0.05) is 19.0 Å². The molecule has 2 aliphatic heterocycles. The van der Waals surface area contributed by atoms with E-state index >= 15 is 0 Å². The predicted molar refractivity (Wildman–Crippen MR) is 130 cm³/mol. The maximum Gasteiger partial charge on any atom is 0.243 e. The van der Waals surface area contributed by atoms with Crippen molar-refractivity contribution in [2.75, 3.05) is 13.3 Å². The molecule has 2 fully saturated rings. The summed E-state index contributed by atoms with van der Waals surface area (Å²) in [5.41, 5.74) is 1.39. The molecule has 2 heterocycles. The largest absolute Gasteiger partial charge is 0.454 e. The van der Waals surface area contributed by atoms with Crippen molar-refractivity contribution in [2.24, 2.45) is 0 Å². The van der Waals surface area contributed by atoms with Crippen LogP contribution in [0.25, 0.3) is 0 Å². The third-order valence-corrected chi connectivity index (χ3v) is 9.36. The van der Waals surface area contributed by atoms with Crippen LogP contribution in [0.2, 0.25) is 0 Å². The van der Waals surface area contributed by atoms with Crippen molar-refractivity contribution in [1.29, 1.82) is 0 Å². The Balaban J connectivity index is 1.39. The Morgan fingerprint density at radius 3 is 2.65 bits per heavy atom. The second-order valence-electron chi connectivity index (χ2n) is 9.55. The number of hydrogen-bond acceptors (Lipinski definition) is 5. The Labute approximate surface area is 201 Å². The van der Waals surface area contributed by atoms with Crippen molar-refractivity contribution in [3.8, 4) is 11.5 Å². The number of benzene rings is 2. The van der Waals surface area contributed by atoms with Crippen LogP contribution >= 0.6 is 0 Å². The Kier molecular flexibility index (Phi) is 6.25. The number of ether oxygens (including phenoxy) is 2. The van der Waals surface area contributed by atoms with Crippen LogP contribution in [0.1, 0.15) is 56.1 Å². The molecule has 1 saturated heterocycles. The summed E-state index contributed by atoms with van der Waals surface area (Å²) in [6.45, 7) is 2.66. The number of rotatable bonds is 6.